The molecular formula is C21H21N7O2S. The molecule has 0 aliphatic rings. The molecule has 10 heteroatoms. The van der Waals surface area contributed by atoms with E-state index < -0.39 is 0 Å². The van der Waals surface area contributed by atoms with E-state index in [4.69, 9.17) is 4.52 Å². The molecule has 1 N–H and O–H groups in total. The van der Waals surface area contributed by atoms with E-state index in [9.17, 15) is 4.79 Å². The van der Waals surface area contributed by atoms with Crippen LogP contribution in [-0.4, -0.2) is 41.5 Å². The third kappa shape index (κ3) is 4.80. The van der Waals surface area contributed by atoms with E-state index >= 15 is 0 Å². The smallest absolute Gasteiger partial charge is 0.246 e. The molecule has 0 aliphatic heterocycles. The van der Waals surface area contributed by atoms with E-state index in [0.717, 1.165) is 22.5 Å². The molecule has 3 heterocycles. The minimum Gasteiger partial charge on any atom is -0.346 e. The molecule has 31 heavy (non-hydrogen) atoms. The van der Waals surface area contributed by atoms with E-state index in [-0.39, 0.29) is 18.2 Å². The highest BCUT2D eigenvalue weighted by molar-refractivity contribution is 7.99. The number of carbonyl (C=O) groups is 1. The van der Waals surface area contributed by atoms with Gasteiger partial charge in [-0.1, -0.05) is 41.2 Å². The number of amides is 1. The van der Waals surface area contributed by atoms with Crippen LogP contribution in [0.3, 0.4) is 0 Å². The molecule has 158 valence electrons. The lowest BCUT2D eigenvalue weighted by atomic mass is 10.1. The Morgan fingerprint density at radius 2 is 1.97 bits per heavy atom. The average Bonchev–Trinajstić information content (AvgIpc) is 3.44. The highest BCUT2D eigenvalue weighted by atomic mass is 32.2. The van der Waals surface area contributed by atoms with Crippen molar-refractivity contribution in [3.8, 4) is 22.8 Å². The Morgan fingerprint density at radius 3 is 2.74 bits per heavy atom. The molecule has 0 fully saturated rings. The largest absolute Gasteiger partial charge is 0.346 e. The van der Waals surface area contributed by atoms with Gasteiger partial charge in [-0.2, -0.15) is 4.98 Å². The number of pyridine rings is 1. The maximum atomic E-state index is 12.3. The van der Waals surface area contributed by atoms with Crippen molar-refractivity contribution in [2.75, 3.05) is 5.75 Å². The van der Waals surface area contributed by atoms with Gasteiger partial charge in [-0.05, 0) is 31.5 Å². The van der Waals surface area contributed by atoms with Crippen LogP contribution in [0.1, 0.15) is 18.4 Å². The summed E-state index contributed by atoms with van der Waals surface area (Å²) in [5, 5.41) is 16.0. The summed E-state index contributed by atoms with van der Waals surface area (Å²) in [6.07, 6.45) is 3.31. The van der Waals surface area contributed by atoms with Gasteiger partial charge in [0.1, 0.15) is 0 Å². The molecule has 3 aromatic heterocycles. The lowest BCUT2D eigenvalue weighted by Gasteiger charge is -2.09. The summed E-state index contributed by atoms with van der Waals surface area (Å²) in [6.45, 7) is 4.94. The van der Waals surface area contributed by atoms with Gasteiger partial charge in [0.2, 0.25) is 17.6 Å². The SMILES string of the molecule is CCn1c(SCC(=O)NCc2nc(-c3ccncc3)no2)nnc1-c1ccccc1C. The Morgan fingerprint density at radius 1 is 1.16 bits per heavy atom. The fourth-order valence-electron chi connectivity index (χ4n) is 3.00. The average molecular weight is 436 g/mol. The molecule has 4 aromatic rings. The van der Waals surface area contributed by atoms with Gasteiger partial charge in [0.25, 0.3) is 0 Å². The highest BCUT2D eigenvalue weighted by Gasteiger charge is 2.16. The first-order chi connectivity index (χ1) is 15.2. The first-order valence-electron chi connectivity index (χ1n) is 9.77. The molecule has 0 bridgehead atoms. The molecule has 0 saturated heterocycles. The van der Waals surface area contributed by atoms with Gasteiger partial charge in [0, 0.05) is 30.1 Å². The van der Waals surface area contributed by atoms with Crippen LogP contribution < -0.4 is 5.32 Å². The molecule has 1 amide bonds. The van der Waals surface area contributed by atoms with Crippen molar-refractivity contribution in [3.63, 3.8) is 0 Å². The predicted octanol–water partition coefficient (Wildman–Crippen LogP) is 3.13. The lowest BCUT2D eigenvalue weighted by Crippen LogP contribution is -2.24. The molecule has 1 aromatic carbocycles. The number of rotatable bonds is 8. The van der Waals surface area contributed by atoms with E-state index in [0.29, 0.717) is 23.4 Å². The fourth-order valence-corrected chi connectivity index (χ4v) is 3.84. The highest BCUT2D eigenvalue weighted by Crippen LogP contribution is 2.26. The maximum Gasteiger partial charge on any atom is 0.246 e. The Labute approximate surface area is 183 Å². The summed E-state index contributed by atoms with van der Waals surface area (Å²) >= 11 is 1.34. The number of benzene rings is 1. The van der Waals surface area contributed by atoms with Crippen molar-refractivity contribution in [3.05, 3.63) is 60.2 Å². The van der Waals surface area contributed by atoms with Gasteiger partial charge in [-0.3, -0.25) is 9.78 Å². The first kappa shape index (κ1) is 20.7. The summed E-state index contributed by atoms with van der Waals surface area (Å²) in [4.78, 5) is 20.6. The molecule has 0 spiro atoms. The van der Waals surface area contributed by atoms with Crippen LogP contribution in [0.15, 0.2) is 58.5 Å². The number of nitrogens with zero attached hydrogens (tertiary/aromatic N) is 6. The van der Waals surface area contributed by atoms with E-state index in [1.54, 1.807) is 24.5 Å². The molecule has 0 unspecified atom stereocenters. The quantitative estimate of drug-likeness (QED) is 0.420. The predicted molar refractivity (Wildman–Crippen MR) is 116 cm³/mol. The van der Waals surface area contributed by atoms with Crippen molar-refractivity contribution in [2.24, 2.45) is 0 Å². The van der Waals surface area contributed by atoms with Gasteiger partial charge in [-0.25, -0.2) is 0 Å². The molecule has 9 nitrogen and oxygen atoms in total. The lowest BCUT2D eigenvalue weighted by molar-refractivity contribution is -0.118. The van der Waals surface area contributed by atoms with Crippen LogP contribution in [0.25, 0.3) is 22.8 Å². The van der Waals surface area contributed by atoms with Crippen LogP contribution in [-0.2, 0) is 17.9 Å². The number of aryl methyl sites for hydroxylation is 1. The van der Waals surface area contributed by atoms with Crippen LogP contribution in [0.2, 0.25) is 0 Å². The van der Waals surface area contributed by atoms with Gasteiger partial charge >= 0.3 is 0 Å². The number of nitrogens with one attached hydrogen (secondary N) is 1. The fraction of sp³-hybridized carbons (Fsp3) is 0.238. The third-order valence-corrected chi connectivity index (χ3v) is 5.56. The third-order valence-electron chi connectivity index (χ3n) is 4.59. The number of hydrogen-bond donors (Lipinski definition) is 1. The van der Waals surface area contributed by atoms with Crippen molar-refractivity contribution in [1.29, 1.82) is 0 Å². The second-order valence-corrected chi connectivity index (χ2v) is 7.62. The van der Waals surface area contributed by atoms with Gasteiger partial charge < -0.3 is 14.4 Å². The zero-order chi connectivity index (χ0) is 21.6. The van der Waals surface area contributed by atoms with Gasteiger partial charge in [-0.15, -0.1) is 10.2 Å². The minimum atomic E-state index is -0.156. The molecule has 0 saturated carbocycles. The molecule has 0 radical (unpaired) electrons. The molecule has 0 aliphatic carbocycles. The van der Waals surface area contributed by atoms with Crippen LogP contribution in [0.5, 0.6) is 0 Å². The van der Waals surface area contributed by atoms with Crippen LogP contribution in [0.4, 0.5) is 0 Å². The molecule has 0 atom stereocenters. The van der Waals surface area contributed by atoms with Gasteiger partial charge in [0.05, 0.1) is 12.3 Å². The van der Waals surface area contributed by atoms with Crippen LogP contribution >= 0.6 is 11.8 Å². The van der Waals surface area contributed by atoms with Crippen molar-refractivity contribution >= 4 is 17.7 Å². The number of aromatic nitrogens is 6. The van der Waals surface area contributed by atoms with Gasteiger partial charge in [0.15, 0.2) is 11.0 Å². The Bertz CT molecular complexity index is 1170. The molecule has 4 rings (SSSR count). The topological polar surface area (TPSA) is 112 Å². The number of thioether (sulfide) groups is 1. The van der Waals surface area contributed by atoms with Crippen molar-refractivity contribution in [2.45, 2.75) is 32.1 Å². The second kappa shape index (κ2) is 9.52. The molecular weight excluding hydrogens is 414 g/mol. The zero-order valence-electron chi connectivity index (χ0n) is 17.1. The van der Waals surface area contributed by atoms with E-state index in [1.807, 2.05) is 42.7 Å². The minimum absolute atomic E-state index is 0.156. The zero-order valence-corrected chi connectivity index (χ0v) is 18.0. The Hall–Kier alpha value is -3.53. The summed E-state index contributed by atoms with van der Waals surface area (Å²) in [5.74, 6) is 1.65. The summed E-state index contributed by atoms with van der Waals surface area (Å²) < 4.78 is 7.22. The Balaban J connectivity index is 1.34. The van der Waals surface area contributed by atoms with Crippen LogP contribution in [0, 0.1) is 6.92 Å². The standard InChI is InChI=1S/C21H21N7O2S/c1-3-28-20(16-7-5-4-6-14(16)2)25-26-21(28)31-13-17(29)23-12-18-24-19(27-30-18)15-8-10-22-11-9-15/h4-11H,3,12-13H2,1-2H3,(H,23,29). The summed E-state index contributed by atoms with van der Waals surface area (Å²) in [6, 6.07) is 11.6. The Kier molecular flexibility index (Phi) is 6.37. The maximum absolute atomic E-state index is 12.3. The monoisotopic (exact) mass is 435 g/mol. The van der Waals surface area contributed by atoms with Crippen molar-refractivity contribution in [1.82, 2.24) is 35.2 Å². The van der Waals surface area contributed by atoms with E-state index in [2.05, 4.69) is 30.6 Å². The van der Waals surface area contributed by atoms with Crippen molar-refractivity contribution < 1.29 is 9.32 Å². The normalized spacial score (nSPS) is 10.9. The summed E-state index contributed by atoms with van der Waals surface area (Å²) in [5.41, 5.74) is 2.97. The summed E-state index contributed by atoms with van der Waals surface area (Å²) in [7, 11) is 0. The van der Waals surface area contributed by atoms with E-state index in [1.165, 1.54) is 11.8 Å². The second-order valence-electron chi connectivity index (χ2n) is 6.68. The number of carbonyl (C=O) groups excluding carboxylic acids is 1. The first-order valence-corrected chi connectivity index (χ1v) is 10.8. The number of hydrogen-bond acceptors (Lipinski definition) is 8.